The van der Waals surface area contributed by atoms with Gasteiger partial charge in [-0.15, -0.1) is 11.3 Å². The first-order chi connectivity index (χ1) is 18.0. The number of nitrogens with one attached hydrogen (secondary N) is 2. The number of aromatic nitrogens is 1. The molecule has 198 valence electrons. The van der Waals surface area contributed by atoms with E-state index in [4.69, 9.17) is 0 Å². The van der Waals surface area contributed by atoms with E-state index in [0.29, 0.717) is 23.0 Å². The molecule has 0 bridgehead atoms. The first kappa shape index (κ1) is 26.9. The van der Waals surface area contributed by atoms with Crippen LogP contribution in [0.4, 0.5) is 25.0 Å². The molecule has 0 fully saturated rings. The van der Waals surface area contributed by atoms with Crippen LogP contribution in [0, 0.1) is 11.6 Å². The van der Waals surface area contributed by atoms with Crippen LogP contribution in [0.2, 0.25) is 0 Å². The smallest absolute Gasteiger partial charge is 0.325 e. The zero-order chi connectivity index (χ0) is 27.4. The van der Waals surface area contributed by atoms with Gasteiger partial charge in [0.15, 0.2) is 0 Å². The number of thiazole rings is 1. The van der Waals surface area contributed by atoms with Gasteiger partial charge >= 0.3 is 16.2 Å². The van der Waals surface area contributed by atoms with Crippen molar-refractivity contribution in [3.63, 3.8) is 0 Å². The number of para-hydroxylation sites is 1. The molecule has 3 amide bonds. The van der Waals surface area contributed by atoms with Crippen LogP contribution in [-0.4, -0.2) is 45.5 Å². The third-order valence-corrected chi connectivity index (χ3v) is 7.88. The van der Waals surface area contributed by atoms with Crippen LogP contribution in [0.25, 0.3) is 10.2 Å². The predicted molar refractivity (Wildman–Crippen MR) is 142 cm³/mol. The topological polar surface area (TPSA) is 112 Å². The molecule has 1 aromatic heterocycles. The summed E-state index contributed by atoms with van der Waals surface area (Å²) in [7, 11) is -1.62. The third-order valence-electron chi connectivity index (χ3n) is 5.70. The summed E-state index contributed by atoms with van der Waals surface area (Å²) in [5, 5.41) is 2.34. The van der Waals surface area contributed by atoms with Crippen LogP contribution in [-0.2, 0) is 21.4 Å². The summed E-state index contributed by atoms with van der Waals surface area (Å²) in [6.45, 7) is 0. The molecule has 0 aliphatic carbocycles. The predicted octanol–water partition coefficient (Wildman–Crippen LogP) is 3.83. The molecule has 1 atom stereocenters. The van der Waals surface area contributed by atoms with E-state index in [0.717, 1.165) is 21.1 Å². The Morgan fingerprint density at radius 2 is 1.66 bits per heavy atom. The van der Waals surface area contributed by atoms with Gasteiger partial charge in [-0.2, -0.15) is 8.42 Å². The molecule has 13 heteroatoms. The number of hydrogen-bond donors (Lipinski definition) is 2. The number of halogens is 2. The minimum Gasteiger partial charge on any atom is -0.325 e. The lowest BCUT2D eigenvalue weighted by Crippen LogP contribution is -2.54. The largest absolute Gasteiger partial charge is 0.330 e. The van der Waals surface area contributed by atoms with Gasteiger partial charge in [0.2, 0.25) is 5.91 Å². The molecule has 0 aliphatic rings. The molecule has 2 N–H and O–H groups in total. The van der Waals surface area contributed by atoms with Crippen molar-refractivity contribution in [2.24, 2.45) is 0 Å². The Hall–Kier alpha value is -4.10. The van der Waals surface area contributed by atoms with Gasteiger partial charge in [-0.05, 0) is 48.0 Å². The van der Waals surface area contributed by atoms with Crippen molar-refractivity contribution in [3.8, 4) is 0 Å². The molecule has 0 radical (unpaired) electrons. The second kappa shape index (κ2) is 11.1. The maximum atomic E-state index is 13.8. The van der Waals surface area contributed by atoms with Crippen molar-refractivity contribution in [2.45, 2.75) is 12.5 Å². The summed E-state index contributed by atoms with van der Waals surface area (Å²) in [5.74, 6) is -2.36. The standard InChI is InChI=1S/C25H23F2N5O4S2/c1-31(20-8-9-23-21(14-20)28-15-37-23)24(33)22(12-16-10-17(26)13-18(27)11-16)29-25(34)30-38(35,36)32(2)19-6-4-3-5-7-19/h3-11,13-15,22H,12H2,1-2H3,(H2,29,30,34)/t22-/m0/s1. The van der Waals surface area contributed by atoms with Crippen molar-refractivity contribution >= 4 is 55.1 Å². The quantitative estimate of drug-likeness (QED) is 0.341. The molecule has 38 heavy (non-hydrogen) atoms. The highest BCUT2D eigenvalue weighted by Gasteiger charge is 2.28. The molecule has 0 saturated heterocycles. The average molecular weight is 560 g/mol. The van der Waals surface area contributed by atoms with Crippen molar-refractivity contribution in [3.05, 3.63) is 89.4 Å². The number of hydrogen-bond acceptors (Lipinski definition) is 6. The van der Waals surface area contributed by atoms with E-state index < -0.39 is 39.8 Å². The lowest BCUT2D eigenvalue weighted by Gasteiger charge is -2.26. The van der Waals surface area contributed by atoms with E-state index >= 15 is 0 Å². The Kier molecular flexibility index (Phi) is 7.88. The highest BCUT2D eigenvalue weighted by Crippen LogP contribution is 2.24. The number of urea groups is 1. The van der Waals surface area contributed by atoms with Crippen LogP contribution in [0.3, 0.4) is 0 Å². The van der Waals surface area contributed by atoms with Crippen LogP contribution < -0.4 is 19.2 Å². The van der Waals surface area contributed by atoms with Crippen LogP contribution in [0.1, 0.15) is 5.56 Å². The van der Waals surface area contributed by atoms with Gasteiger partial charge in [0.1, 0.15) is 17.7 Å². The minimum atomic E-state index is -4.34. The number of benzene rings is 3. The Morgan fingerprint density at radius 3 is 2.34 bits per heavy atom. The van der Waals surface area contributed by atoms with Gasteiger partial charge in [-0.3, -0.25) is 9.10 Å². The summed E-state index contributed by atoms with van der Waals surface area (Å²) in [6.07, 6.45) is -0.307. The molecular weight excluding hydrogens is 536 g/mol. The monoisotopic (exact) mass is 559 g/mol. The van der Waals surface area contributed by atoms with Crippen LogP contribution in [0.5, 0.6) is 0 Å². The minimum absolute atomic E-state index is 0.0914. The summed E-state index contributed by atoms with van der Waals surface area (Å²) >= 11 is 1.43. The fourth-order valence-electron chi connectivity index (χ4n) is 3.73. The Balaban J connectivity index is 1.57. The van der Waals surface area contributed by atoms with E-state index in [1.165, 1.54) is 42.5 Å². The zero-order valence-electron chi connectivity index (χ0n) is 20.3. The lowest BCUT2D eigenvalue weighted by molar-refractivity contribution is -0.120. The number of carbonyl (C=O) groups is 2. The van der Waals surface area contributed by atoms with Crippen molar-refractivity contribution in [1.29, 1.82) is 0 Å². The Morgan fingerprint density at radius 1 is 0.974 bits per heavy atom. The van der Waals surface area contributed by atoms with E-state index in [1.807, 2.05) is 4.72 Å². The SMILES string of the molecule is CN(C(=O)[C@H](Cc1cc(F)cc(F)c1)NC(=O)NS(=O)(=O)N(C)c1ccccc1)c1ccc2scnc2c1. The molecule has 0 aliphatic heterocycles. The Labute approximate surface area is 221 Å². The maximum Gasteiger partial charge on any atom is 0.330 e. The molecule has 3 aromatic carbocycles. The second-order valence-electron chi connectivity index (χ2n) is 8.32. The molecule has 9 nitrogen and oxygen atoms in total. The number of nitrogens with zero attached hydrogens (tertiary/aromatic N) is 3. The fraction of sp³-hybridized carbons (Fsp3) is 0.160. The molecule has 0 saturated carbocycles. The Bertz CT molecular complexity index is 1560. The summed E-state index contributed by atoms with van der Waals surface area (Å²) < 4.78 is 56.8. The summed E-state index contributed by atoms with van der Waals surface area (Å²) in [4.78, 5) is 31.7. The number of carbonyl (C=O) groups excluding carboxylic acids is 2. The molecular formula is C25H23F2N5O4S2. The van der Waals surface area contributed by atoms with Gasteiger partial charge in [-0.25, -0.2) is 23.3 Å². The number of anilines is 2. The van der Waals surface area contributed by atoms with Crippen LogP contribution >= 0.6 is 11.3 Å². The number of rotatable bonds is 8. The normalized spacial score (nSPS) is 12.1. The van der Waals surface area contributed by atoms with E-state index in [2.05, 4.69) is 10.3 Å². The first-order valence-electron chi connectivity index (χ1n) is 11.2. The molecule has 0 unspecified atom stereocenters. The van der Waals surface area contributed by atoms with E-state index in [1.54, 1.807) is 41.9 Å². The third kappa shape index (κ3) is 6.23. The van der Waals surface area contributed by atoms with Crippen molar-refractivity contribution in [2.75, 3.05) is 23.3 Å². The fourth-order valence-corrected chi connectivity index (χ4v) is 5.22. The zero-order valence-corrected chi connectivity index (χ0v) is 21.9. The van der Waals surface area contributed by atoms with Crippen molar-refractivity contribution < 1.29 is 26.8 Å². The molecule has 4 aromatic rings. The van der Waals surface area contributed by atoms with Crippen LogP contribution in [0.15, 0.2) is 72.2 Å². The lowest BCUT2D eigenvalue weighted by atomic mass is 10.0. The first-order valence-corrected chi connectivity index (χ1v) is 13.5. The highest BCUT2D eigenvalue weighted by atomic mass is 32.2. The average Bonchev–Trinajstić information content (AvgIpc) is 3.34. The van der Waals surface area contributed by atoms with Gasteiger partial charge in [0, 0.05) is 32.3 Å². The molecule has 4 rings (SSSR count). The van der Waals surface area contributed by atoms with Gasteiger partial charge in [0.25, 0.3) is 0 Å². The molecule has 0 spiro atoms. The van der Waals surface area contributed by atoms with Gasteiger partial charge < -0.3 is 10.2 Å². The summed E-state index contributed by atoms with van der Waals surface area (Å²) in [5.41, 5.74) is 3.18. The van der Waals surface area contributed by atoms with Crippen molar-refractivity contribution in [1.82, 2.24) is 15.0 Å². The highest BCUT2D eigenvalue weighted by molar-refractivity contribution is 7.91. The van der Waals surface area contributed by atoms with Gasteiger partial charge in [-0.1, -0.05) is 18.2 Å². The number of likely N-dealkylation sites (N-methyl/N-ethyl adjacent to an activating group) is 1. The van der Waals surface area contributed by atoms with E-state index in [-0.39, 0.29) is 12.0 Å². The second-order valence-corrected chi connectivity index (χ2v) is 10.9. The summed E-state index contributed by atoms with van der Waals surface area (Å²) in [6, 6.07) is 13.4. The number of fused-ring (bicyclic) bond motifs is 1. The van der Waals surface area contributed by atoms with E-state index in [9.17, 15) is 26.8 Å². The molecule has 1 heterocycles. The maximum absolute atomic E-state index is 13.8. The number of amides is 3. The van der Waals surface area contributed by atoms with Gasteiger partial charge in [0.05, 0.1) is 21.4 Å².